The van der Waals surface area contributed by atoms with Crippen molar-refractivity contribution in [2.45, 2.75) is 19.0 Å². The number of hydrogen-bond donors (Lipinski definition) is 1. The fourth-order valence-electron chi connectivity index (χ4n) is 3.90. The minimum Gasteiger partial charge on any atom is -0.347 e. The molecule has 0 aliphatic heterocycles. The predicted molar refractivity (Wildman–Crippen MR) is 138 cm³/mol. The van der Waals surface area contributed by atoms with Crippen molar-refractivity contribution < 1.29 is 9.59 Å². The van der Waals surface area contributed by atoms with Gasteiger partial charge in [0, 0.05) is 18.1 Å². The Morgan fingerprint density at radius 3 is 2.11 bits per heavy atom. The molecule has 0 aliphatic rings. The van der Waals surface area contributed by atoms with Gasteiger partial charge in [0.2, 0.25) is 11.8 Å². The van der Waals surface area contributed by atoms with Crippen molar-refractivity contribution in [3.8, 4) is 11.1 Å². The van der Waals surface area contributed by atoms with E-state index < -0.39 is 11.9 Å². The summed E-state index contributed by atoms with van der Waals surface area (Å²) in [5.74, 6) is -1.09. The van der Waals surface area contributed by atoms with Gasteiger partial charge in [-0.25, -0.2) is 0 Å². The fraction of sp³-hybridized carbons (Fsp3) is 0.143. The molecule has 0 unspecified atom stereocenters. The van der Waals surface area contributed by atoms with E-state index in [9.17, 15) is 9.59 Å². The number of halogens is 1. The first kappa shape index (κ1) is 24.1. The summed E-state index contributed by atoms with van der Waals surface area (Å²) in [5.41, 5.74) is 3.87. The van der Waals surface area contributed by atoms with Crippen LogP contribution in [-0.2, 0) is 9.59 Å². The Morgan fingerprint density at radius 2 is 1.51 bits per heavy atom. The number of amides is 2. The standard InChI is InChI=1S/C28H25ClN4O2/c1-20(21-8-4-2-5-9-21)32-28(35)27(25-19-30-16-17-31-25)33(26(34)18-29)24-14-12-23(13-15-24)22-10-6-3-7-11-22/h2-17,19-20,27H,18H2,1H3,(H,32,35)/t20-,27+/m0/s1. The lowest BCUT2D eigenvalue weighted by molar-refractivity contribution is -0.126. The molecule has 4 rings (SSSR count). The molecule has 3 aromatic carbocycles. The number of aromatic nitrogens is 2. The van der Waals surface area contributed by atoms with E-state index in [0.29, 0.717) is 11.4 Å². The second-order valence-corrected chi connectivity index (χ2v) is 8.25. The summed E-state index contributed by atoms with van der Waals surface area (Å²) >= 11 is 6.00. The Kier molecular flexibility index (Phi) is 7.85. The van der Waals surface area contributed by atoms with Crippen LogP contribution < -0.4 is 10.2 Å². The van der Waals surface area contributed by atoms with Crippen LogP contribution in [0.25, 0.3) is 11.1 Å². The molecule has 2 atom stereocenters. The number of alkyl halides is 1. The van der Waals surface area contributed by atoms with Gasteiger partial charge in [0.25, 0.3) is 0 Å². The van der Waals surface area contributed by atoms with Crippen LogP contribution in [0.2, 0.25) is 0 Å². The van der Waals surface area contributed by atoms with Gasteiger partial charge in [0.15, 0.2) is 6.04 Å². The summed E-state index contributed by atoms with van der Waals surface area (Å²) < 4.78 is 0. The second kappa shape index (κ2) is 11.4. The zero-order chi connectivity index (χ0) is 24.6. The summed E-state index contributed by atoms with van der Waals surface area (Å²) in [6.07, 6.45) is 4.51. The van der Waals surface area contributed by atoms with Crippen LogP contribution in [0.1, 0.15) is 30.3 Å². The Bertz CT molecular complexity index is 1250. The SMILES string of the molecule is C[C@H](NC(=O)[C@@H](c1cnccn1)N(C(=O)CCl)c1ccc(-c2ccccc2)cc1)c1ccccc1. The van der Waals surface area contributed by atoms with Gasteiger partial charge in [-0.2, -0.15) is 0 Å². The molecule has 0 fully saturated rings. The molecule has 0 bridgehead atoms. The van der Waals surface area contributed by atoms with Gasteiger partial charge in [0.1, 0.15) is 5.88 Å². The lowest BCUT2D eigenvalue weighted by Gasteiger charge is -2.31. The first-order valence-corrected chi connectivity index (χ1v) is 11.8. The van der Waals surface area contributed by atoms with Crippen molar-refractivity contribution in [1.82, 2.24) is 15.3 Å². The zero-order valence-corrected chi connectivity index (χ0v) is 20.0. The van der Waals surface area contributed by atoms with Crippen molar-refractivity contribution >= 4 is 29.1 Å². The molecule has 0 aliphatic carbocycles. The lowest BCUT2D eigenvalue weighted by Crippen LogP contribution is -2.45. The van der Waals surface area contributed by atoms with Crippen molar-refractivity contribution in [3.05, 3.63) is 115 Å². The topological polar surface area (TPSA) is 75.2 Å². The number of nitrogens with zero attached hydrogens (tertiary/aromatic N) is 3. The van der Waals surface area contributed by atoms with Crippen LogP contribution in [0.4, 0.5) is 5.69 Å². The summed E-state index contributed by atoms with van der Waals surface area (Å²) in [5, 5.41) is 3.02. The van der Waals surface area contributed by atoms with Crippen LogP contribution >= 0.6 is 11.6 Å². The molecule has 176 valence electrons. The number of nitrogens with one attached hydrogen (secondary N) is 1. The Morgan fingerprint density at radius 1 is 0.886 bits per heavy atom. The summed E-state index contributed by atoms with van der Waals surface area (Å²) in [6, 6.07) is 25.6. The van der Waals surface area contributed by atoms with Crippen molar-refractivity contribution in [2.24, 2.45) is 0 Å². The first-order chi connectivity index (χ1) is 17.1. The zero-order valence-electron chi connectivity index (χ0n) is 19.2. The predicted octanol–water partition coefficient (Wildman–Crippen LogP) is 5.33. The Labute approximate surface area is 209 Å². The molecule has 0 spiro atoms. The molecular formula is C28H25ClN4O2. The van der Waals surface area contributed by atoms with E-state index in [2.05, 4.69) is 15.3 Å². The van der Waals surface area contributed by atoms with Gasteiger partial charge in [-0.3, -0.25) is 24.5 Å². The third-order valence-electron chi connectivity index (χ3n) is 5.66. The van der Waals surface area contributed by atoms with Crippen LogP contribution in [0.5, 0.6) is 0 Å². The molecule has 6 nitrogen and oxygen atoms in total. The van der Waals surface area contributed by atoms with Crippen molar-refractivity contribution in [3.63, 3.8) is 0 Å². The molecule has 0 saturated carbocycles. The molecule has 7 heteroatoms. The smallest absolute Gasteiger partial charge is 0.249 e. The van der Waals surface area contributed by atoms with E-state index >= 15 is 0 Å². The Hall–Kier alpha value is -4.03. The number of carbonyl (C=O) groups excluding carboxylic acids is 2. The minimum atomic E-state index is -1.05. The monoisotopic (exact) mass is 484 g/mol. The molecule has 1 heterocycles. The van der Waals surface area contributed by atoms with E-state index in [-0.39, 0.29) is 17.8 Å². The summed E-state index contributed by atoms with van der Waals surface area (Å²) in [6.45, 7) is 1.89. The molecule has 1 aromatic heterocycles. The highest BCUT2D eigenvalue weighted by molar-refractivity contribution is 6.29. The van der Waals surface area contributed by atoms with Crippen LogP contribution in [0, 0.1) is 0 Å². The van der Waals surface area contributed by atoms with Crippen molar-refractivity contribution in [1.29, 1.82) is 0 Å². The van der Waals surface area contributed by atoms with Crippen LogP contribution in [-0.4, -0.2) is 27.7 Å². The third kappa shape index (κ3) is 5.73. The molecule has 4 aromatic rings. The average Bonchev–Trinajstić information content (AvgIpc) is 2.92. The van der Waals surface area contributed by atoms with Gasteiger partial charge >= 0.3 is 0 Å². The van der Waals surface area contributed by atoms with Gasteiger partial charge in [-0.1, -0.05) is 72.8 Å². The average molecular weight is 485 g/mol. The maximum Gasteiger partial charge on any atom is 0.249 e. The molecule has 0 radical (unpaired) electrons. The van der Waals surface area contributed by atoms with E-state index in [1.54, 1.807) is 0 Å². The number of hydrogen-bond acceptors (Lipinski definition) is 4. The number of rotatable bonds is 8. The largest absolute Gasteiger partial charge is 0.347 e. The molecule has 1 N–H and O–H groups in total. The molecule has 35 heavy (non-hydrogen) atoms. The maximum atomic E-state index is 13.6. The van der Waals surface area contributed by atoms with Crippen LogP contribution in [0.15, 0.2) is 104 Å². The summed E-state index contributed by atoms with van der Waals surface area (Å²) in [4.78, 5) is 36.6. The highest BCUT2D eigenvalue weighted by Gasteiger charge is 2.34. The quantitative estimate of drug-likeness (QED) is 0.343. The van der Waals surface area contributed by atoms with E-state index in [1.807, 2.05) is 91.9 Å². The maximum absolute atomic E-state index is 13.6. The summed E-state index contributed by atoms with van der Waals surface area (Å²) in [7, 11) is 0. The third-order valence-corrected chi connectivity index (χ3v) is 5.89. The molecule has 2 amide bonds. The fourth-order valence-corrected chi connectivity index (χ4v) is 4.03. The lowest BCUT2D eigenvalue weighted by atomic mass is 10.0. The minimum absolute atomic E-state index is 0.281. The van der Waals surface area contributed by atoms with Gasteiger partial charge in [-0.15, -0.1) is 11.6 Å². The number of benzene rings is 3. The first-order valence-electron chi connectivity index (χ1n) is 11.2. The van der Waals surface area contributed by atoms with Gasteiger partial charge in [0.05, 0.1) is 17.9 Å². The number of anilines is 1. The van der Waals surface area contributed by atoms with E-state index in [4.69, 9.17) is 11.6 Å². The van der Waals surface area contributed by atoms with Crippen molar-refractivity contribution in [2.75, 3.05) is 10.8 Å². The second-order valence-electron chi connectivity index (χ2n) is 7.98. The Balaban J connectivity index is 1.71. The molecular weight excluding hydrogens is 460 g/mol. The highest BCUT2D eigenvalue weighted by atomic mass is 35.5. The number of carbonyl (C=O) groups is 2. The molecule has 0 saturated heterocycles. The van der Waals surface area contributed by atoms with E-state index in [0.717, 1.165) is 16.7 Å². The highest BCUT2D eigenvalue weighted by Crippen LogP contribution is 2.30. The van der Waals surface area contributed by atoms with Gasteiger partial charge in [-0.05, 0) is 35.7 Å². The van der Waals surface area contributed by atoms with Gasteiger partial charge < -0.3 is 5.32 Å². The van der Waals surface area contributed by atoms with Crippen LogP contribution in [0.3, 0.4) is 0 Å². The van der Waals surface area contributed by atoms with E-state index in [1.165, 1.54) is 23.5 Å². The normalized spacial score (nSPS) is 12.4.